The lowest BCUT2D eigenvalue weighted by atomic mass is 9.95. The van der Waals surface area contributed by atoms with Crippen LogP contribution in [0.2, 0.25) is 0 Å². The van der Waals surface area contributed by atoms with E-state index in [0.717, 1.165) is 5.56 Å². The highest BCUT2D eigenvalue weighted by molar-refractivity contribution is 7.89. The van der Waals surface area contributed by atoms with Gasteiger partial charge in [-0.15, -0.1) is 0 Å². The van der Waals surface area contributed by atoms with Crippen molar-refractivity contribution in [1.82, 2.24) is 4.72 Å². The van der Waals surface area contributed by atoms with E-state index in [1.165, 1.54) is 0 Å². The van der Waals surface area contributed by atoms with Gasteiger partial charge in [0.15, 0.2) is 0 Å². The van der Waals surface area contributed by atoms with Crippen LogP contribution >= 0.6 is 11.3 Å². The van der Waals surface area contributed by atoms with E-state index in [2.05, 4.69) is 18.6 Å². The summed E-state index contributed by atoms with van der Waals surface area (Å²) in [6.45, 7) is 5.13. The molecule has 1 aromatic carbocycles. The standard InChI is InChI=1S/C19H27NO4S2/c1-15(2)13-24-18-3-5-19(6-4-18)26(22,23)20-10-7-16(8-11-21)17-9-12-25-14-17/h3-6,9,12,14-16,20-21H,7-8,10-11,13H2,1-2H3/t16-/m0/s1. The molecule has 0 radical (unpaired) electrons. The summed E-state index contributed by atoms with van der Waals surface area (Å²) in [5, 5.41) is 13.3. The summed E-state index contributed by atoms with van der Waals surface area (Å²) in [6, 6.07) is 8.49. The third kappa shape index (κ3) is 6.39. The lowest BCUT2D eigenvalue weighted by Crippen LogP contribution is -2.26. The minimum Gasteiger partial charge on any atom is -0.493 e. The Morgan fingerprint density at radius 1 is 1.15 bits per heavy atom. The largest absolute Gasteiger partial charge is 0.493 e. The predicted octanol–water partition coefficient (Wildman–Crippen LogP) is 3.62. The van der Waals surface area contributed by atoms with Crippen LogP contribution in [0.3, 0.4) is 0 Å². The first-order chi connectivity index (χ1) is 12.4. The molecule has 1 aromatic heterocycles. The third-order valence-corrected chi connectivity index (χ3v) is 6.17. The van der Waals surface area contributed by atoms with Crippen molar-refractivity contribution >= 4 is 21.4 Å². The molecule has 2 rings (SSSR count). The van der Waals surface area contributed by atoms with Crippen molar-refractivity contribution in [1.29, 1.82) is 0 Å². The zero-order valence-corrected chi connectivity index (χ0v) is 16.9. The van der Waals surface area contributed by atoms with Gasteiger partial charge in [-0.05, 0) is 71.3 Å². The molecule has 0 saturated carbocycles. The van der Waals surface area contributed by atoms with E-state index in [1.54, 1.807) is 35.6 Å². The second kappa shape index (κ2) is 10.1. The highest BCUT2D eigenvalue weighted by Crippen LogP contribution is 2.25. The Balaban J connectivity index is 1.91. The minimum atomic E-state index is -3.55. The lowest BCUT2D eigenvalue weighted by Gasteiger charge is -2.15. The molecular weight excluding hydrogens is 370 g/mol. The Bertz CT molecular complexity index is 740. The number of sulfonamides is 1. The maximum Gasteiger partial charge on any atom is 0.240 e. The van der Waals surface area contributed by atoms with E-state index in [0.29, 0.717) is 37.7 Å². The molecule has 2 N–H and O–H groups in total. The van der Waals surface area contributed by atoms with Gasteiger partial charge in [-0.2, -0.15) is 11.3 Å². The van der Waals surface area contributed by atoms with Crippen LogP contribution in [0.5, 0.6) is 5.75 Å². The molecular formula is C19H27NO4S2. The van der Waals surface area contributed by atoms with E-state index < -0.39 is 10.0 Å². The van der Waals surface area contributed by atoms with Crippen LogP contribution in [0.4, 0.5) is 0 Å². The first kappa shape index (κ1) is 20.9. The molecule has 144 valence electrons. The highest BCUT2D eigenvalue weighted by Gasteiger charge is 2.16. The van der Waals surface area contributed by atoms with Gasteiger partial charge >= 0.3 is 0 Å². The molecule has 5 nitrogen and oxygen atoms in total. The molecule has 0 spiro atoms. The summed E-state index contributed by atoms with van der Waals surface area (Å²) in [5.74, 6) is 1.23. The predicted molar refractivity (Wildman–Crippen MR) is 105 cm³/mol. The molecule has 0 aliphatic rings. The van der Waals surface area contributed by atoms with Crippen LogP contribution in [0, 0.1) is 5.92 Å². The Morgan fingerprint density at radius 2 is 1.88 bits per heavy atom. The molecule has 0 aliphatic heterocycles. The minimum absolute atomic E-state index is 0.0884. The van der Waals surface area contributed by atoms with E-state index in [4.69, 9.17) is 4.74 Å². The summed E-state index contributed by atoms with van der Waals surface area (Å²) in [4.78, 5) is 0.226. The molecule has 2 aromatic rings. The fourth-order valence-electron chi connectivity index (χ4n) is 2.57. The summed E-state index contributed by atoms with van der Waals surface area (Å²) < 4.78 is 33.1. The van der Waals surface area contributed by atoms with Gasteiger partial charge < -0.3 is 9.84 Å². The van der Waals surface area contributed by atoms with Crippen LogP contribution < -0.4 is 9.46 Å². The van der Waals surface area contributed by atoms with Gasteiger partial charge in [0, 0.05) is 13.2 Å². The molecule has 1 atom stereocenters. The van der Waals surface area contributed by atoms with Crippen LogP contribution in [-0.4, -0.2) is 33.3 Å². The average molecular weight is 398 g/mol. The number of hydrogen-bond acceptors (Lipinski definition) is 5. The highest BCUT2D eigenvalue weighted by atomic mass is 32.2. The number of hydrogen-bond donors (Lipinski definition) is 2. The van der Waals surface area contributed by atoms with Crippen LogP contribution in [0.25, 0.3) is 0 Å². The van der Waals surface area contributed by atoms with E-state index in [9.17, 15) is 13.5 Å². The third-order valence-electron chi connectivity index (χ3n) is 3.99. The SMILES string of the molecule is CC(C)COc1ccc(S(=O)(=O)NCC[C@@H](CCO)c2ccsc2)cc1. The van der Waals surface area contributed by atoms with Gasteiger partial charge in [-0.1, -0.05) is 13.8 Å². The smallest absolute Gasteiger partial charge is 0.240 e. The van der Waals surface area contributed by atoms with Crippen molar-refractivity contribution in [3.63, 3.8) is 0 Å². The maximum atomic E-state index is 12.4. The molecule has 0 amide bonds. The lowest BCUT2D eigenvalue weighted by molar-refractivity contribution is 0.271. The van der Waals surface area contributed by atoms with Crippen molar-refractivity contribution < 1.29 is 18.3 Å². The van der Waals surface area contributed by atoms with Gasteiger partial charge in [0.25, 0.3) is 0 Å². The quantitative estimate of drug-likeness (QED) is 0.607. The Morgan fingerprint density at radius 3 is 2.46 bits per heavy atom. The number of thiophene rings is 1. The Kier molecular flexibility index (Phi) is 8.09. The van der Waals surface area contributed by atoms with Gasteiger partial charge in [0.1, 0.15) is 5.75 Å². The second-order valence-electron chi connectivity index (χ2n) is 6.63. The molecule has 0 fully saturated rings. The van der Waals surface area contributed by atoms with Crippen LogP contribution in [0.15, 0.2) is 46.0 Å². The number of ether oxygens (including phenoxy) is 1. The first-order valence-corrected chi connectivity index (χ1v) is 11.2. The summed E-state index contributed by atoms with van der Waals surface area (Å²) >= 11 is 1.60. The fraction of sp³-hybridized carbons (Fsp3) is 0.474. The molecule has 0 unspecified atom stereocenters. The fourth-order valence-corrected chi connectivity index (χ4v) is 4.36. The Hall–Kier alpha value is -1.41. The van der Waals surface area contributed by atoms with Crippen LogP contribution in [0.1, 0.15) is 38.2 Å². The van der Waals surface area contributed by atoms with E-state index >= 15 is 0 Å². The van der Waals surface area contributed by atoms with Gasteiger partial charge in [0.2, 0.25) is 10.0 Å². The monoisotopic (exact) mass is 397 g/mol. The zero-order valence-electron chi connectivity index (χ0n) is 15.2. The summed E-state index contributed by atoms with van der Waals surface area (Å²) in [7, 11) is -3.55. The van der Waals surface area contributed by atoms with Crippen molar-refractivity contribution in [2.45, 2.75) is 37.5 Å². The normalized spacial score (nSPS) is 13.1. The molecule has 0 saturated heterocycles. The van der Waals surface area contributed by atoms with Crippen molar-refractivity contribution in [3.8, 4) is 5.75 Å². The average Bonchev–Trinajstić information content (AvgIpc) is 3.14. The van der Waals surface area contributed by atoms with Crippen molar-refractivity contribution in [3.05, 3.63) is 46.7 Å². The second-order valence-corrected chi connectivity index (χ2v) is 9.18. The van der Waals surface area contributed by atoms with Crippen molar-refractivity contribution in [2.24, 2.45) is 5.92 Å². The topological polar surface area (TPSA) is 75.6 Å². The first-order valence-electron chi connectivity index (χ1n) is 8.78. The van der Waals surface area contributed by atoms with Crippen molar-refractivity contribution in [2.75, 3.05) is 19.8 Å². The van der Waals surface area contributed by atoms with E-state index in [1.807, 2.05) is 16.8 Å². The van der Waals surface area contributed by atoms with Crippen LogP contribution in [-0.2, 0) is 10.0 Å². The molecule has 0 aliphatic carbocycles. The zero-order chi connectivity index (χ0) is 19.0. The maximum absolute atomic E-state index is 12.4. The number of rotatable bonds is 11. The molecule has 0 bridgehead atoms. The molecule has 1 heterocycles. The number of aliphatic hydroxyl groups excluding tert-OH is 1. The summed E-state index contributed by atoms with van der Waals surface area (Å²) in [6.07, 6.45) is 1.27. The van der Waals surface area contributed by atoms with E-state index in [-0.39, 0.29) is 17.4 Å². The Labute approximate surface area is 160 Å². The van der Waals surface area contributed by atoms with Gasteiger partial charge in [0.05, 0.1) is 11.5 Å². The molecule has 7 heteroatoms. The number of benzene rings is 1. The molecule has 26 heavy (non-hydrogen) atoms. The number of nitrogens with one attached hydrogen (secondary N) is 1. The number of aliphatic hydroxyl groups is 1. The van der Waals surface area contributed by atoms with Gasteiger partial charge in [-0.25, -0.2) is 13.1 Å². The van der Waals surface area contributed by atoms with Gasteiger partial charge in [-0.3, -0.25) is 0 Å². The summed E-state index contributed by atoms with van der Waals surface area (Å²) in [5.41, 5.74) is 1.15.